The molecule has 0 spiro atoms. The molecule has 0 aromatic rings. The van der Waals surface area contributed by atoms with E-state index in [2.05, 4.69) is 25.2 Å². The SMILES string of the molecule is CCC1=CC=C(SO)CC=C1. The Balaban J connectivity index is 2.72. The maximum Gasteiger partial charge on any atom is 0.0202 e. The summed E-state index contributed by atoms with van der Waals surface area (Å²) in [7, 11) is 0. The maximum absolute atomic E-state index is 8.76. The van der Waals surface area contributed by atoms with Gasteiger partial charge in [0.15, 0.2) is 0 Å². The van der Waals surface area contributed by atoms with E-state index in [-0.39, 0.29) is 0 Å². The van der Waals surface area contributed by atoms with E-state index in [9.17, 15) is 0 Å². The van der Waals surface area contributed by atoms with Gasteiger partial charge in [-0.3, -0.25) is 0 Å². The van der Waals surface area contributed by atoms with Crippen LogP contribution in [0.5, 0.6) is 0 Å². The summed E-state index contributed by atoms with van der Waals surface area (Å²) in [5.41, 5.74) is 1.31. The zero-order chi connectivity index (χ0) is 8.10. The lowest BCUT2D eigenvalue weighted by Gasteiger charge is -1.91. The van der Waals surface area contributed by atoms with Crippen LogP contribution in [0.15, 0.2) is 34.8 Å². The first kappa shape index (κ1) is 8.62. The van der Waals surface area contributed by atoms with Gasteiger partial charge in [-0.1, -0.05) is 25.2 Å². The molecular weight excluding hydrogens is 156 g/mol. The summed E-state index contributed by atoms with van der Waals surface area (Å²) in [6.45, 7) is 2.13. The van der Waals surface area contributed by atoms with E-state index in [1.165, 1.54) is 5.57 Å². The van der Waals surface area contributed by atoms with Crippen molar-refractivity contribution in [1.82, 2.24) is 0 Å². The molecule has 0 unspecified atom stereocenters. The van der Waals surface area contributed by atoms with E-state index < -0.39 is 0 Å². The Morgan fingerprint density at radius 2 is 2.36 bits per heavy atom. The summed E-state index contributed by atoms with van der Waals surface area (Å²) in [6, 6.07) is 0. The summed E-state index contributed by atoms with van der Waals surface area (Å²) in [4.78, 5) is 1.00. The molecule has 11 heavy (non-hydrogen) atoms. The van der Waals surface area contributed by atoms with E-state index >= 15 is 0 Å². The molecule has 0 atom stereocenters. The Kier molecular flexibility index (Phi) is 3.46. The van der Waals surface area contributed by atoms with Crippen LogP contribution in [0.1, 0.15) is 19.8 Å². The van der Waals surface area contributed by atoms with E-state index in [1.54, 1.807) is 0 Å². The van der Waals surface area contributed by atoms with E-state index in [0.29, 0.717) is 0 Å². The predicted molar refractivity (Wildman–Crippen MR) is 50.4 cm³/mol. The van der Waals surface area contributed by atoms with Gasteiger partial charge in [-0.2, -0.15) is 0 Å². The molecule has 2 heteroatoms. The van der Waals surface area contributed by atoms with Crippen LogP contribution in [0.25, 0.3) is 0 Å². The zero-order valence-corrected chi connectivity index (χ0v) is 7.40. The number of hydrogen-bond donors (Lipinski definition) is 1. The first-order valence-electron chi connectivity index (χ1n) is 3.74. The van der Waals surface area contributed by atoms with Crippen LogP contribution in [0, 0.1) is 0 Å². The molecular formula is C9H12OS. The molecule has 1 aliphatic rings. The average Bonchev–Trinajstić information content (AvgIpc) is 2.28. The van der Waals surface area contributed by atoms with Gasteiger partial charge in [0.25, 0.3) is 0 Å². The topological polar surface area (TPSA) is 20.2 Å². The molecule has 1 N–H and O–H groups in total. The van der Waals surface area contributed by atoms with Crippen molar-refractivity contribution in [1.29, 1.82) is 0 Å². The van der Waals surface area contributed by atoms with Gasteiger partial charge in [-0.05, 0) is 24.5 Å². The summed E-state index contributed by atoms with van der Waals surface area (Å²) < 4.78 is 8.76. The van der Waals surface area contributed by atoms with Crippen LogP contribution in [0.3, 0.4) is 0 Å². The zero-order valence-electron chi connectivity index (χ0n) is 6.58. The van der Waals surface area contributed by atoms with Gasteiger partial charge in [0, 0.05) is 16.9 Å². The van der Waals surface area contributed by atoms with Crippen LogP contribution in [-0.4, -0.2) is 4.55 Å². The van der Waals surface area contributed by atoms with Crippen molar-refractivity contribution < 1.29 is 4.55 Å². The smallest absolute Gasteiger partial charge is 0.0202 e. The standard InChI is InChI=1S/C9H12OS/c1-2-8-4-3-5-9(11-10)7-6-8/h3-4,6-7,10H,2,5H2,1H3. The minimum absolute atomic E-state index is 0.837. The van der Waals surface area contributed by atoms with Crippen molar-refractivity contribution in [2.75, 3.05) is 0 Å². The summed E-state index contributed by atoms with van der Waals surface area (Å²) in [5, 5.41) is 0. The average molecular weight is 168 g/mol. The van der Waals surface area contributed by atoms with Crippen LogP contribution >= 0.6 is 12.0 Å². The summed E-state index contributed by atoms with van der Waals surface area (Å²) >= 11 is 0.837. The Morgan fingerprint density at radius 3 is 3.00 bits per heavy atom. The van der Waals surface area contributed by atoms with Gasteiger partial charge in [-0.15, -0.1) is 0 Å². The van der Waals surface area contributed by atoms with Gasteiger partial charge >= 0.3 is 0 Å². The highest BCUT2D eigenvalue weighted by atomic mass is 32.2. The second kappa shape index (κ2) is 4.42. The van der Waals surface area contributed by atoms with Gasteiger partial charge in [-0.25, -0.2) is 0 Å². The summed E-state index contributed by atoms with van der Waals surface area (Å²) in [5.74, 6) is 0. The van der Waals surface area contributed by atoms with Crippen LogP contribution in [-0.2, 0) is 0 Å². The van der Waals surface area contributed by atoms with E-state index in [4.69, 9.17) is 4.55 Å². The van der Waals surface area contributed by atoms with Crippen molar-refractivity contribution in [3.05, 3.63) is 34.8 Å². The third-order valence-corrected chi connectivity index (χ3v) is 2.20. The van der Waals surface area contributed by atoms with Crippen molar-refractivity contribution in [3.63, 3.8) is 0 Å². The quantitative estimate of drug-likeness (QED) is 0.638. The molecule has 1 rings (SSSR count). The molecule has 60 valence electrons. The predicted octanol–water partition coefficient (Wildman–Crippen LogP) is 3.37. The summed E-state index contributed by atoms with van der Waals surface area (Å²) in [6.07, 6.45) is 10.1. The highest BCUT2D eigenvalue weighted by Gasteiger charge is 1.96. The lowest BCUT2D eigenvalue weighted by molar-refractivity contribution is 0.668. The van der Waals surface area contributed by atoms with Gasteiger partial charge in [0.05, 0.1) is 0 Å². The Hall–Kier alpha value is -0.470. The third-order valence-electron chi connectivity index (χ3n) is 1.66. The second-order valence-electron chi connectivity index (χ2n) is 2.43. The second-order valence-corrected chi connectivity index (χ2v) is 3.13. The Labute approximate surface area is 71.7 Å². The number of hydrogen-bond acceptors (Lipinski definition) is 2. The Bertz CT molecular complexity index is 214. The molecule has 0 heterocycles. The van der Waals surface area contributed by atoms with E-state index in [0.717, 1.165) is 29.8 Å². The number of allylic oxidation sites excluding steroid dienone is 6. The molecule has 0 fully saturated rings. The fraction of sp³-hybridized carbons (Fsp3) is 0.333. The molecule has 0 radical (unpaired) electrons. The van der Waals surface area contributed by atoms with Crippen LogP contribution in [0.4, 0.5) is 0 Å². The first-order chi connectivity index (χ1) is 5.36. The monoisotopic (exact) mass is 168 g/mol. The highest BCUT2D eigenvalue weighted by molar-refractivity contribution is 7.97. The number of rotatable bonds is 2. The fourth-order valence-corrected chi connectivity index (χ4v) is 1.25. The first-order valence-corrected chi connectivity index (χ1v) is 4.52. The maximum atomic E-state index is 8.76. The fourth-order valence-electron chi connectivity index (χ4n) is 0.953. The third kappa shape index (κ3) is 2.56. The molecule has 1 nitrogen and oxygen atoms in total. The van der Waals surface area contributed by atoms with Gasteiger partial charge in [0.1, 0.15) is 0 Å². The largest absolute Gasteiger partial charge is 0.326 e. The molecule has 0 saturated heterocycles. The van der Waals surface area contributed by atoms with Crippen LogP contribution < -0.4 is 0 Å². The molecule has 1 aliphatic carbocycles. The molecule has 0 bridgehead atoms. The van der Waals surface area contributed by atoms with Crippen molar-refractivity contribution in [2.45, 2.75) is 19.8 Å². The lowest BCUT2D eigenvalue weighted by Crippen LogP contribution is -1.69. The molecule has 0 aromatic heterocycles. The Morgan fingerprint density at radius 1 is 1.55 bits per heavy atom. The highest BCUT2D eigenvalue weighted by Crippen LogP contribution is 2.20. The van der Waals surface area contributed by atoms with Crippen LogP contribution in [0.2, 0.25) is 0 Å². The van der Waals surface area contributed by atoms with Crippen molar-refractivity contribution >= 4 is 12.0 Å². The minimum Gasteiger partial charge on any atom is -0.326 e. The normalized spacial score (nSPS) is 17.3. The molecule has 0 aromatic carbocycles. The molecule has 0 aliphatic heterocycles. The minimum atomic E-state index is 0.837. The van der Waals surface area contributed by atoms with Crippen molar-refractivity contribution in [2.24, 2.45) is 0 Å². The van der Waals surface area contributed by atoms with E-state index in [1.807, 2.05) is 6.08 Å². The van der Waals surface area contributed by atoms with Crippen molar-refractivity contribution in [3.8, 4) is 0 Å². The lowest BCUT2D eigenvalue weighted by atomic mass is 10.2. The molecule has 0 saturated carbocycles. The van der Waals surface area contributed by atoms with Gasteiger partial charge in [0.2, 0.25) is 0 Å². The van der Waals surface area contributed by atoms with Gasteiger partial charge < -0.3 is 4.55 Å². The molecule has 0 amide bonds.